The summed E-state index contributed by atoms with van der Waals surface area (Å²) in [5.41, 5.74) is 4.48. The molecule has 0 spiro atoms. The minimum atomic E-state index is 0.665. The highest BCUT2D eigenvalue weighted by Crippen LogP contribution is 2.29. The average molecular weight is 273 g/mol. The lowest BCUT2D eigenvalue weighted by molar-refractivity contribution is 0.384. The van der Waals surface area contributed by atoms with E-state index >= 15 is 0 Å². The van der Waals surface area contributed by atoms with Crippen LogP contribution in [0.15, 0.2) is 18.2 Å². The van der Waals surface area contributed by atoms with Gasteiger partial charge >= 0.3 is 0 Å². The maximum atomic E-state index is 3.80. The summed E-state index contributed by atoms with van der Waals surface area (Å²) in [6.45, 7) is 7.94. The van der Waals surface area contributed by atoms with Crippen molar-refractivity contribution in [3.05, 3.63) is 34.9 Å². The Hall–Kier alpha value is -0.820. The predicted octanol–water partition coefficient (Wildman–Crippen LogP) is 4.79. The van der Waals surface area contributed by atoms with Crippen LogP contribution in [0.3, 0.4) is 0 Å². The molecule has 1 aromatic rings. The summed E-state index contributed by atoms with van der Waals surface area (Å²) in [7, 11) is 0. The van der Waals surface area contributed by atoms with E-state index in [2.05, 4.69) is 44.3 Å². The van der Waals surface area contributed by atoms with Gasteiger partial charge in [-0.2, -0.15) is 0 Å². The van der Waals surface area contributed by atoms with E-state index in [0.717, 1.165) is 12.5 Å². The Morgan fingerprint density at radius 3 is 2.40 bits per heavy atom. The van der Waals surface area contributed by atoms with E-state index in [9.17, 15) is 0 Å². The summed E-state index contributed by atoms with van der Waals surface area (Å²) in [5, 5.41) is 3.80. The lowest BCUT2D eigenvalue weighted by Crippen LogP contribution is -2.34. The van der Waals surface area contributed by atoms with Gasteiger partial charge in [-0.1, -0.05) is 50.8 Å². The molecular weight excluding hydrogens is 242 g/mol. The van der Waals surface area contributed by atoms with Gasteiger partial charge in [0.25, 0.3) is 0 Å². The van der Waals surface area contributed by atoms with E-state index in [1.54, 1.807) is 5.56 Å². The van der Waals surface area contributed by atoms with Crippen molar-refractivity contribution < 1.29 is 0 Å². The van der Waals surface area contributed by atoms with Gasteiger partial charge in [0.2, 0.25) is 0 Å². The molecule has 1 aliphatic carbocycles. The van der Waals surface area contributed by atoms with E-state index in [1.165, 1.54) is 56.1 Å². The number of hydrogen-bond donors (Lipinski definition) is 1. The molecule has 1 aromatic carbocycles. The zero-order valence-electron chi connectivity index (χ0n) is 13.5. The van der Waals surface area contributed by atoms with Crippen LogP contribution in [-0.4, -0.2) is 12.6 Å². The van der Waals surface area contributed by atoms with Crippen molar-refractivity contribution in [1.82, 2.24) is 5.32 Å². The van der Waals surface area contributed by atoms with Gasteiger partial charge in [0.15, 0.2) is 0 Å². The molecule has 1 heteroatoms. The Kier molecular flexibility index (Phi) is 6.09. The van der Waals surface area contributed by atoms with Gasteiger partial charge in [-0.3, -0.25) is 0 Å². The van der Waals surface area contributed by atoms with Crippen LogP contribution in [0.1, 0.15) is 62.1 Å². The van der Waals surface area contributed by atoms with Crippen LogP contribution in [-0.2, 0) is 6.42 Å². The molecule has 0 amide bonds. The number of rotatable bonds is 7. The molecule has 20 heavy (non-hydrogen) atoms. The van der Waals surface area contributed by atoms with Crippen molar-refractivity contribution in [3.8, 4) is 0 Å². The van der Waals surface area contributed by atoms with Crippen molar-refractivity contribution in [2.45, 2.75) is 71.8 Å². The van der Waals surface area contributed by atoms with Crippen LogP contribution in [0.2, 0.25) is 0 Å². The predicted molar refractivity (Wildman–Crippen MR) is 88.3 cm³/mol. The average Bonchev–Trinajstić information content (AvgIpc) is 2.93. The topological polar surface area (TPSA) is 12.0 Å². The monoisotopic (exact) mass is 273 g/mol. The Balaban J connectivity index is 2.01. The number of hydrogen-bond acceptors (Lipinski definition) is 1. The molecule has 1 N–H and O–H groups in total. The fraction of sp³-hybridized carbons (Fsp3) is 0.684. The first kappa shape index (κ1) is 15.6. The Labute approximate surface area is 125 Å². The third-order valence-corrected chi connectivity index (χ3v) is 4.87. The molecule has 0 aromatic heterocycles. The molecule has 0 aliphatic heterocycles. The van der Waals surface area contributed by atoms with Crippen LogP contribution in [0, 0.1) is 19.8 Å². The van der Waals surface area contributed by atoms with E-state index < -0.39 is 0 Å². The molecule has 112 valence electrons. The molecule has 0 bridgehead atoms. The zero-order chi connectivity index (χ0) is 14.4. The maximum Gasteiger partial charge on any atom is 0.0110 e. The first-order chi connectivity index (χ1) is 9.70. The highest BCUT2D eigenvalue weighted by Gasteiger charge is 2.20. The summed E-state index contributed by atoms with van der Waals surface area (Å²) < 4.78 is 0. The Morgan fingerprint density at radius 2 is 1.80 bits per heavy atom. The van der Waals surface area contributed by atoms with E-state index in [4.69, 9.17) is 0 Å². The summed E-state index contributed by atoms with van der Waals surface area (Å²) in [6, 6.07) is 7.36. The molecule has 1 nitrogen and oxygen atoms in total. The normalized spacial score (nSPS) is 17.6. The second-order valence-corrected chi connectivity index (χ2v) is 6.61. The van der Waals surface area contributed by atoms with Gasteiger partial charge in [0.05, 0.1) is 0 Å². The van der Waals surface area contributed by atoms with Crippen molar-refractivity contribution in [3.63, 3.8) is 0 Å². The molecule has 2 rings (SSSR count). The lowest BCUT2D eigenvalue weighted by Gasteiger charge is -2.23. The molecule has 1 saturated carbocycles. The molecule has 0 heterocycles. The van der Waals surface area contributed by atoms with E-state index in [1.807, 2.05) is 0 Å². The van der Waals surface area contributed by atoms with E-state index in [-0.39, 0.29) is 0 Å². The summed E-state index contributed by atoms with van der Waals surface area (Å²) in [4.78, 5) is 0. The second-order valence-electron chi connectivity index (χ2n) is 6.61. The van der Waals surface area contributed by atoms with Crippen LogP contribution in [0.25, 0.3) is 0 Å². The van der Waals surface area contributed by atoms with Gasteiger partial charge in [-0.05, 0) is 62.3 Å². The van der Waals surface area contributed by atoms with Crippen molar-refractivity contribution in [2.24, 2.45) is 5.92 Å². The molecule has 0 saturated heterocycles. The highest BCUT2D eigenvalue weighted by molar-refractivity contribution is 5.34. The summed E-state index contributed by atoms with van der Waals surface area (Å²) in [6.07, 6.45) is 9.62. The Bertz CT molecular complexity index is 384. The van der Waals surface area contributed by atoms with Gasteiger partial charge < -0.3 is 5.32 Å². The van der Waals surface area contributed by atoms with Crippen LogP contribution in [0.4, 0.5) is 0 Å². The van der Waals surface area contributed by atoms with E-state index in [0.29, 0.717) is 6.04 Å². The van der Waals surface area contributed by atoms with Gasteiger partial charge in [0, 0.05) is 6.04 Å². The van der Waals surface area contributed by atoms with Gasteiger partial charge in [-0.25, -0.2) is 0 Å². The molecule has 1 fully saturated rings. The third kappa shape index (κ3) is 4.34. The zero-order valence-corrected chi connectivity index (χ0v) is 13.5. The first-order valence-electron chi connectivity index (χ1n) is 8.49. The molecular formula is C19H31N. The fourth-order valence-electron chi connectivity index (χ4n) is 3.65. The van der Waals surface area contributed by atoms with Gasteiger partial charge in [0.1, 0.15) is 0 Å². The summed E-state index contributed by atoms with van der Waals surface area (Å²) >= 11 is 0. The van der Waals surface area contributed by atoms with Crippen LogP contribution < -0.4 is 5.32 Å². The Morgan fingerprint density at radius 1 is 1.15 bits per heavy atom. The molecule has 0 radical (unpaired) electrons. The largest absolute Gasteiger partial charge is 0.314 e. The minimum Gasteiger partial charge on any atom is -0.314 e. The van der Waals surface area contributed by atoms with Crippen molar-refractivity contribution >= 4 is 0 Å². The molecule has 1 aliphatic rings. The fourth-order valence-corrected chi connectivity index (χ4v) is 3.65. The number of benzene rings is 1. The molecule has 1 atom stereocenters. The third-order valence-electron chi connectivity index (χ3n) is 4.87. The van der Waals surface area contributed by atoms with Crippen LogP contribution in [0.5, 0.6) is 0 Å². The minimum absolute atomic E-state index is 0.665. The number of nitrogens with one attached hydrogen (secondary N) is 1. The smallest absolute Gasteiger partial charge is 0.0110 e. The lowest BCUT2D eigenvalue weighted by atomic mass is 9.90. The summed E-state index contributed by atoms with van der Waals surface area (Å²) in [5.74, 6) is 0.966. The maximum absolute atomic E-state index is 3.80. The first-order valence-corrected chi connectivity index (χ1v) is 8.49. The second kappa shape index (κ2) is 7.83. The molecule has 1 unspecified atom stereocenters. The highest BCUT2D eigenvalue weighted by atomic mass is 14.9. The quantitative estimate of drug-likeness (QED) is 0.753. The van der Waals surface area contributed by atoms with Crippen LogP contribution >= 0.6 is 0 Å². The van der Waals surface area contributed by atoms with Crippen molar-refractivity contribution in [2.75, 3.05) is 6.54 Å². The SMILES string of the molecule is CCCNC(Cc1c(C)cccc1C)CC1CCCC1. The van der Waals surface area contributed by atoms with Crippen molar-refractivity contribution in [1.29, 1.82) is 0 Å². The van der Waals surface area contributed by atoms with Gasteiger partial charge in [-0.15, -0.1) is 0 Å². The number of aryl methyl sites for hydroxylation is 2. The standard InChI is InChI=1S/C19H31N/c1-4-12-20-18(13-17-10-5-6-11-17)14-19-15(2)8-7-9-16(19)3/h7-9,17-18,20H,4-6,10-14H2,1-3H3.